The number of nitro benzene ring substituents is 1. The molecule has 1 aromatic heterocycles. The van der Waals surface area contributed by atoms with Crippen LogP contribution in [0.15, 0.2) is 65.8 Å². The number of hydrazone groups is 1. The van der Waals surface area contributed by atoms with Gasteiger partial charge in [0.2, 0.25) is 0 Å². The zero-order valence-corrected chi connectivity index (χ0v) is 18.1. The number of nitrogens with zero attached hydrogens (tertiary/aromatic N) is 2. The molecule has 0 spiro atoms. The Morgan fingerprint density at radius 2 is 1.81 bits per heavy atom. The van der Waals surface area contributed by atoms with Gasteiger partial charge >= 0.3 is 5.69 Å². The molecule has 0 aliphatic heterocycles. The first-order chi connectivity index (χ1) is 15.3. The number of aryl methyl sites for hydroxylation is 1. The van der Waals surface area contributed by atoms with Gasteiger partial charge in [-0.05, 0) is 49.7 Å². The summed E-state index contributed by atoms with van der Waals surface area (Å²) in [6, 6.07) is 16.5. The van der Waals surface area contributed by atoms with Gasteiger partial charge in [-0.2, -0.15) is 5.10 Å². The molecule has 164 valence electrons. The van der Waals surface area contributed by atoms with Gasteiger partial charge in [-0.25, -0.2) is 5.43 Å². The third-order valence-corrected chi connectivity index (χ3v) is 5.29. The summed E-state index contributed by atoms with van der Waals surface area (Å²) in [5.41, 5.74) is 4.06. The number of carbonyl (C=O) groups is 2. The lowest BCUT2D eigenvalue weighted by Crippen LogP contribution is -2.25. The summed E-state index contributed by atoms with van der Waals surface area (Å²) in [7, 11) is 0. The molecule has 0 saturated heterocycles. The van der Waals surface area contributed by atoms with Crippen molar-refractivity contribution in [3.8, 4) is 5.75 Å². The zero-order valence-electron chi connectivity index (χ0n) is 17.3. The van der Waals surface area contributed by atoms with E-state index < -0.39 is 17.4 Å². The smallest absolute Gasteiger partial charge is 0.310 e. The highest BCUT2D eigenvalue weighted by atomic mass is 32.1. The Kier molecular flexibility index (Phi) is 7.29. The van der Waals surface area contributed by atoms with Crippen LogP contribution in [0.25, 0.3) is 0 Å². The molecule has 0 saturated carbocycles. The van der Waals surface area contributed by atoms with Crippen LogP contribution in [-0.4, -0.2) is 29.1 Å². The zero-order chi connectivity index (χ0) is 23.1. The number of anilines is 1. The van der Waals surface area contributed by atoms with Crippen LogP contribution in [0.4, 0.5) is 11.4 Å². The van der Waals surface area contributed by atoms with Crippen molar-refractivity contribution in [1.82, 2.24) is 5.43 Å². The molecule has 0 bridgehead atoms. The molecule has 0 unspecified atom stereocenters. The van der Waals surface area contributed by atoms with Gasteiger partial charge in [0, 0.05) is 16.6 Å². The second-order valence-corrected chi connectivity index (χ2v) is 7.98. The fourth-order valence-corrected chi connectivity index (χ4v) is 3.42. The van der Waals surface area contributed by atoms with Crippen molar-refractivity contribution >= 4 is 40.2 Å². The molecule has 0 fully saturated rings. The largest absolute Gasteiger partial charge is 0.477 e. The third kappa shape index (κ3) is 5.99. The normalized spacial score (nSPS) is 11.0. The standard InChI is InChI=1S/C22H20N4O5S/c1-14-7-12-20(32-14)22(28)23-17-10-8-16(9-11-17)15(2)24-25-21(27)13-31-19-6-4-3-5-18(19)26(29)30/h3-12H,13H2,1-2H3,(H,23,28)(H,25,27)/b24-15-. The van der Waals surface area contributed by atoms with Crippen molar-refractivity contribution < 1.29 is 19.2 Å². The van der Waals surface area contributed by atoms with Gasteiger partial charge in [0.25, 0.3) is 11.8 Å². The van der Waals surface area contributed by atoms with E-state index in [4.69, 9.17) is 4.74 Å². The molecule has 3 rings (SSSR count). The van der Waals surface area contributed by atoms with E-state index in [9.17, 15) is 19.7 Å². The van der Waals surface area contributed by atoms with E-state index in [0.717, 1.165) is 10.4 Å². The molecule has 0 aliphatic rings. The van der Waals surface area contributed by atoms with Crippen molar-refractivity contribution in [2.24, 2.45) is 5.10 Å². The number of carbonyl (C=O) groups excluding carboxylic acids is 2. The van der Waals surface area contributed by atoms with Crippen molar-refractivity contribution in [1.29, 1.82) is 0 Å². The van der Waals surface area contributed by atoms with Crippen LogP contribution in [0.3, 0.4) is 0 Å². The predicted octanol–water partition coefficient (Wildman–Crippen LogP) is 4.14. The number of hydrogen-bond acceptors (Lipinski definition) is 7. The van der Waals surface area contributed by atoms with Gasteiger partial charge in [0.15, 0.2) is 12.4 Å². The second kappa shape index (κ2) is 10.3. The van der Waals surface area contributed by atoms with E-state index >= 15 is 0 Å². The van der Waals surface area contributed by atoms with Gasteiger partial charge < -0.3 is 10.1 Å². The molecule has 1 heterocycles. The van der Waals surface area contributed by atoms with Gasteiger partial charge in [0.1, 0.15) is 0 Å². The molecule has 0 radical (unpaired) electrons. The summed E-state index contributed by atoms with van der Waals surface area (Å²) >= 11 is 1.42. The lowest BCUT2D eigenvalue weighted by Gasteiger charge is -2.07. The number of hydrogen-bond donors (Lipinski definition) is 2. The molecule has 0 aliphatic carbocycles. The molecular formula is C22H20N4O5S. The molecule has 2 N–H and O–H groups in total. The van der Waals surface area contributed by atoms with E-state index in [1.807, 2.05) is 13.0 Å². The first kappa shape index (κ1) is 22.6. The van der Waals surface area contributed by atoms with Crippen molar-refractivity contribution in [2.75, 3.05) is 11.9 Å². The van der Waals surface area contributed by atoms with Gasteiger partial charge in [0.05, 0.1) is 15.5 Å². The van der Waals surface area contributed by atoms with Gasteiger partial charge in [-0.1, -0.05) is 24.3 Å². The Labute approximate surface area is 187 Å². The summed E-state index contributed by atoms with van der Waals surface area (Å²) in [6.45, 7) is 3.23. The van der Waals surface area contributed by atoms with E-state index in [0.29, 0.717) is 16.3 Å². The highest BCUT2D eigenvalue weighted by Gasteiger charge is 2.15. The lowest BCUT2D eigenvalue weighted by atomic mass is 10.1. The highest BCUT2D eigenvalue weighted by molar-refractivity contribution is 7.14. The highest BCUT2D eigenvalue weighted by Crippen LogP contribution is 2.25. The monoisotopic (exact) mass is 452 g/mol. The number of rotatable bonds is 8. The summed E-state index contributed by atoms with van der Waals surface area (Å²) in [6.07, 6.45) is 0. The van der Waals surface area contributed by atoms with E-state index in [1.54, 1.807) is 43.3 Å². The van der Waals surface area contributed by atoms with Crippen molar-refractivity contribution in [2.45, 2.75) is 13.8 Å². The number of nitrogens with one attached hydrogen (secondary N) is 2. The maximum Gasteiger partial charge on any atom is 0.310 e. The maximum absolute atomic E-state index is 12.2. The first-order valence-electron chi connectivity index (χ1n) is 9.51. The lowest BCUT2D eigenvalue weighted by molar-refractivity contribution is -0.385. The predicted molar refractivity (Wildman–Crippen MR) is 122 cm³/mol. The Hall–Kier alpha value is -4.05. The Morgan fingerprint density at radius 1 is 1.09 bits per heavy atom. The van der Waals surface area contributed by atoms with Crippen LogP contribution in [0.2, 0.25) is 0 Å². The average Bonchev–Trinajstić information content (AvgIpc) is 3.23. The van der Waals surface area contributed by atoms with Crippen LogP contribution in [0.1, 0.15) is 27.0 Å². The van der Waals surface area contributed by atoms with Crippen molar-refractivity contribution in [3.05, 3.63) is 86.1 Å². The minimum atomic E-state index is -0.580. The number of thiophene rings is 1. The quantitative estimate of drug-likeness (QED) is 0.302. The SMILES string of the molecule is C/C(=N/NC(=O)COc1ccccc1[N+](=O)[O-])c1ccc(NC(=O)c2ccc(C)s2)cc1. The number of benzene rings is 2. The number of para-hydroxylation sites is 2. The molecule has 32 heavy (non-hydrogen) atoms. The summed E-state index contributed by atoms with van der Waals surface area (Å²) in [4.78, 5) is 36.3. The Balaban J connectivity index is 1.53. The van der Waals surface area contributed by atoms with Gasteiger partial charge in [-0.3, -0.25) is 19.7 Å². The van der Waals surface area contributed by atoms with Gasteiger partial charge in [-0.15, -0.1) is 11.3 Å². The van der Waals surface area contributed by atoms with Crippen LogP contribution < -0.4 is 15.5 Å². The Morgan fingerprint density at radius 3 is 2.47 bits per heavy atom. The molecule has 10 heteroatoms. The van der Waals surface area contributed by atoms with Crippen LogP contribution >= 0.6 is 11.3 Å². The minimum Gasteiger partial charge on any atom is -0.477 e. The molecule has 0 atom stereocenters. The minimum absolute atomic E-state index is 0.00342. The average molecular weight is 452 g/mol. The van der Waals surface area contributed by atoms with Crippen molar-refractivity contribution in [3.63, 3.8) is 0 Å². The van der Waals surface area contributed by atoms with E-state index in [1.165, 1.54) is 29.5 Å². The van der Waals surface area contributed by atoms with E-state index in [2.05, 4.69) is 15.8 Å². The topological polar surface area (TPSA) is 123 Å². The van der Waals surface area contributed by atoms with Crippen LogP contribution in [0.5, 0.6) is 5.75 Å². The maximum atomic E-state index is 12.2. The fraction of sp³-hybridized carbons (Fsp3) is 0.136. The van der Waals surface area contributed by atoms with Crippen LogP contribution in [-0.2, 0) is 4.79 Å². The first-order valence-corrected chi connectivity index (χ1v) is 10.3. The number of amides is 2. The number of nitro groups is 1. The van der Waals surface area contributed by atoms with Crippen LogP contribution in [0, 0.1) is 17.0 Å². The van der Waals surface area contributed by atoms with E-state index in [-0.39, 0.29) is 17.3 Å². The summed E-state index contributed by atoms with van der Waals surface area (Å²) < 4.78 is 5.23. The Bertz CT molecular complexity index is 1170. The molecule has 2 aromatic carbocycles. The molecule has 3 aromatic rings. The number of ether oxygens (including phenoxy) is 1. The molecule has 9 nitrogen and oxygen atoms in total. The summed E-state index contributed by atoms with van der Waals surface area (Å²) in [5.74, 6) is -0.728. The summed E-state index contributed by atoms with van der Waals surface area (Å²) in [5, 5.41) is 17.8. The second-order valence-electron chi connectivity index (χ2n) is 6.69. The molecule has 2 amide bonds. The third-order valence-electron chi connectivity index (χ3n) is 4.29. The fourth-order valence-electron chi connectivity index (χ4n) is 2.66. The molecular weight excluding hydrogens is 432 g/mol.